The van der Waals surface area contributed by atoms with Gasteiger partial charge in [0.25, 0.3) is 0 Å². The summed E-state index contributed by atoms with van der Waals surface area (Å²) in [5.41, 5.74) is 3.03. The van der Waals surface area contributed by atoms with Crippen LogP contribution in [-0.2, 0) is 11.0 Å². The van der Waals surface area contributed by atoms with Gasteiger partial charge in [-0.2, -0.15) is 13.2 Å². The molecule has 0 aliphatic rings. The number of carbonyl (C=O) groups excluding carboxylic acids is 1. The SMILES string of the molecule is CC(=O)SCCC#Cc1cc(F)c(N)cc1C(F)(F)F. The Bertz CT molecular complexity index is 572. The molecule has 0 fully saturated rings. The standard InChI is InChI=1S/C13H11F4NOS/c1-8(19)20-5-3-2-4-9-6-11(14)12(18)7-10(9)13(15,16)17/h6-7H,3,5,18H2,1H3. The molecule has 0 saturated carbocycles. The highest BCUT2D eigenvalue weighted by Crippen LogP contribution is 2.33. The van der Waals surface area contributed by atoms with Gasteiger partial charge in [-0.15, -0.1) is 0 Å². The van der Waals surface area contributed by atoms with E-state index in [0.29, 0.717) is 17.9 Å². The molecule has 0 aliphatic heterocycles. The predicted octanol–water partition coefficient (Wildman–Crippen LogP) is 3.45. The summed E-state index contributed by atoms with van der Waals surface area (Å²) >= 11 is 1.02. The first-order chi connectivity index (χ1) is 9.21. The summed E-state index contributed by atoms with van der Waals surface area (Å²) in [4.78, 5) is 10.6. The molecule has 0 aliphatic carbocycles. The fourth-order valence-corrected chi connectivity index (χ4v) is 1.82. The Balaban J connectivity index is 2.97. The van der Waals surface area contributed by atoms with Crippen molar-refractivity contribution in [2.75, 3.05) is 11.5 Å². The molecule has 0 unspecified atom stereocenters. The van der Waals surface area contributed by atoms with Gasteiger partial charge >= 0.3 is 6.18 Å². The van der Waals surface area contributed by atoms with Gasteiger partial charge in [-0.1, -0.05) is 23.6 Å². The van der Waals surface area contributed by atoms with E-state index in [4.69, 9.17) is 5.73 Å². The van der Waals surface area contributed by atoms with E-state index in [1.165, 1.54) is 6.92 Å². The van der Waals surface area contributed by atoms with Crippen LogP contribution in [0.2, 0.25) is 0 Å². The average Bonchev–Trinajstić information content (AvgIpc) is 2.31. The lowest BCUT2D eigenvalue weighted by atomic mass is 10.1. The molecular weight excluding hydrogens is 294 g/mol. The number of benzene rings is 1. The van der Waals surface area contributed by atoms with Crippen LogP contribution in [0.4, 0.5) is 23.2 Å². The van der Waals surface area contributed by atoms with Gasteiger partial charge in [0.1, 0.15) is 5.82 Å². The zero-order valence-corrected chi connectivity index (χ0v) is 11.3. The van der Waals surface area contributed by atoms with Crippen LogP contribution in [0.15, 0.2) is 12.1 Å². The normalized spacial score (nSPS) is 10.8. The van der Waals surface area contributed by atoms with Gasteiger partial charge < -0.3 is 5.73 Å². The summed E-state index contributed by atoms with van der Waals surface area (Å²) in [5, 5.41) is -0.0960. The zero-order chi connectivity index (χ0) is 15.3. The van der Waals surface area contributed by atoms with Crippen molar-refractivity contribution in [2.45, 2.75) is 19.5 Å². The van der Waals surface area contributed by atoms with Gasteiger partial charge in [-0.05, 0) is 12.1 Å². The summed E-state index contributed by atoms with van der Waals surface area (Å²) in [6, 6.07) is 1.20. The van der Waals surface area contributed by atoms with E-state index in [2.05, 4.69) is 11.8 Å². The van der Waals surface area contributed by atoms with Crippen LogP contribution in [0.5, 0.6) is 0 Å². The van der Waals surface area contributed by atoms with Crippen LogP contribution in [0, 0.1) is 17.7 Å². The summed E-state index contributed by atoms with van der Waals surface area (Å²) in [7, 11) is 0. The number of nitrogen functional groups attached to an aromatic ring is 1. The van der Waals surface area contributed by atoms with Gasteiger partial charge in [-0.25, -0.2) is 4.39 Å². The maximum atomic E-state index is 13.2. The molecule has 0 aromatic heterocycles. The first-order valence-corrected chi connectivity index (χ1v) is 6.49. The van der Waals surface area contributed by atoms with Crippen molar-refractivity contribution in [2.24, 2.45) is 0 Å². The predicted molar refractivity (Wildman–Crippen MR) is 70.4 cm³/mol. The Morgan fingerprint density at radius 2 is 2.05 bits per heavy atom. The fourth-order valence-electron chi connectivity index (χ4n) is 1.33. The van der Waals surface area contributed by atoms with E-state index >= 15 is 0 Å². The summed E-state index contributed by atoms with van der Waals surface area (Å²) in [5.74, 6) is 4.19. The van der Waals surface area contributed by atoms with Gasteiger partial charge in [0.2, 0.25) is 0 Å². The lowest BCUT2D eigenvalue weighted by molar-refractivity contribution is -0.137. The van der Waals surface area contributed by atoms with Crippen molar-refractivity contribution in [3.8, 4) is 11.8 Å². The van der Waals surface area contributed by atoms with E-state index < -0.39 is 28.8 Å². The van der Waals surface area contributed by atoms with E-state index in [9.17, 15) is 22.4 Å². The summed E-state index contributed by atoms with van der Waals surface area (Å²) in [6.45, 7) is 1.38. The number of alkyl halides is 3. The molecule has 1 aromatic rings. The van der Waals surface area contributed by atoms with Gasteiger partial charge in [0.15, 0.2) is 5.12 Å². The average molecular weight is 305 g/mol. The maximum absolute atomic E-state index is 13.2. The molecule has 0 bridgehead atoms. The number of hydrogen-bond donors (Lipinski definition) is 1. The number of rotatable bonds is 2. The molecule has 0 radical (unpaired) electrons. The molecule has 0 heterocycles. The van der Waals surface area contributed by atoms with Crippen LogP contribution < -0.4 is 5.73 Å². The second-order valence-electron chi connectivity index (χ2n) is 3.81. The Morgan fingerprint density at radius 3 is 2.60 bits per heavy atom. The van der Waals surface area contributed by atoms with E-state index in [1.54, 1.807) is 0 Å². The molecule has 1 aromatic carbocycles. The monoisotopic (exact) mass is 305 g/mol. The highest BCUT2D eigenvalue weighted by Gasteiger charge is 2.34. The Hall–Kier alpha value is -1.68. The topological polar surface area (TPSA) is 43.1 Å². The second-order valence-corrected chi connectivity index (χ2v) is 5.08. The fraction of sp³-hybridized carbons (Fsp3) is 0.308. The van der Waals surface area contributed by atoms with Crippen LogP contribution >= 0.6 is 11.8 Å². The molecule has 2 N–H and O–H groups in total. The Morgan fingerprint density at radius 1 is 1.40 bits per heavy atom. The van der Waals surface area contributed by atoms with Crippen molar-refractivity contribution in [3.63, 3.8) is 0 Å². The molecule has 0 spiro atoms. The number of carbonyl (C=O) groups is 1. The van der Waals surface area contributed by atoms with Crippen LogP contribution in [-0.4, -0.2) is 10.9 Å². The zero-order valence-electron chi connectivity index (χ0n) is 10.5. The smallest absolute Gasteiger partial charge is 0.396 e. The number of hydrogen-bond acceptors (Lipinski definition) is 3. The largest absolute Gasteiger partial charge is 0.417 e. The van der Waals surface area contributed by atoms with Gasteiger partial charge in [-0.3, -0.25) is 4.79 Å². The molecule has 0 atom stereocenters. The number of halogens is 4. The van der Waals surface area contributed by atoms with Crippen molar-refractivity contribution >= 4 is 22.6 Å². The van der Waals surface area contributed by atoms with Crippen LogP contribution in [0.25, 0.3) is 0 Å². The lowest BCUT2D eigenvalue weighted by Crippen LogP contribution is -2.09. The van der Waals surface area contributed by atoms with Crippen molar-refractivity contribution in [3.05, 3.63) is 29.1 Å². The van der Waals surface area contributed by atoms with E-state index in [0.717, 1.165) is 11.8 Å². The highest BCUT2D eigenvalue weighted by atomic mass is 32.2. The van der Waals surface area contributed by atoms with E-state index in [-0.39, 0.29) is 11.5 Å². The maximum Gasteiger partial charge on any atom is 0.417 e. The third-order valence-corrected chi connectivity index (χ3v) is 3.01. The molecular formula is C13H11F4NOS. The first-order valence-electron chi connectivity index (χ1n) is 5.50. The molecule has 0 saturated heterocycles. The number of anilines is 1. The van der Waals surface area contributed by atoms with Crippen LogP contribution in [0.1, 0.15) is 24.5 Å². The molecule has 20 heavy (non-hydrogen) atoms. The molecule has 1 rings (SSSR count). The summed E-state index contributed by atoms with van der Waals surface area (Å²) in [6.07, 6.45) is -4.42. The third-order valence-electron chi connectivity index (χ3n) is 2.20. The highest BCUT2D eigenvalue weighted by molar-refractivity contribution is 8.13. The third kappa shape index (κ3) is 4.78. The minimum atomic E-state index is -4.65. The Labute approximate surface area is 117 Å². The minimum absolute atomic E-state index is 0.0960. The van der Waals surface area contributed by atoms with E-state index in [1.807, 2.05) is 0 Å². The van der Waals surface area contributed by atoms with Gasteiger partial charge in [0.05, 0.1) is 11.3 Å². The quantitative estimate of drug-likeness (QED) is 0.394. The minimum Gasteiger partial charge on any atom is -0.396 e. The van der Waals surface area contributed by atoms with Crippen molar-refractivity contribution in [1.82, 2.24) is 0 Å². The van der Waals surface area contributed by atoms with Gasteiger partial charge in [0, 0.05) is 24.7 Å². The Kier molecular flexibility index (Phi) is 5.45. The first kappa shape index (κ1) is 16.4. The molecule has 2 nitrogen and oxygen atoms in total. The van der Waals surface area contributed by atoms with Crippen LogP contribution in [0.3, 0.4) is 0 Å². The number of thioether (sulfide) groups is 1. The molecule has 0 amide bonds. The number of nitrogens with two attached hydrogens (primary N) is 1. The van der Waals surface area contributed by atoms with Crippen molar-refractivity contribution in [1.29, 1.82) is 0 Å². The summed E-state index contributed by atoms with van der Waals surface area (Å²) < 4.78 is 51.5. The molecule has 7 heteroatoms. The molecule has 108 valence electrons. The second kappa shape index (κ2) is 6.66. The lowest BCUT2D eigenvalue weighted by Gasteiger charge is -2.10. The van der Waals surface area contributed by atoms with Crippen molar-refractivity contribution < 1.29 is 22.4 Å².